The highest BCUT2D eigenvalue weighted by Crippen LogP contribution is 2.34. The summed E-state index contributed by atoms with van der Waals surface area (Å²) < 4.78 is 14.1. The first-order valence-electron chi connectivity index (χ1n) is 10.2. The van der Waals surface area contributed by atoms with Gasteiger partial charge in [0.15, 0.2) is 0 Å². The molecule has 3 aromatic rings. The molecule has 0 saturated carbocycles. The second-order valence-corrected chi connectivity index (χ2v) is 7.61. The molecule has 0 amide bonds. The number of nitrogens with one attached hydrogen (secondary N) is 1. The maximum Gasteiger partial charge on any atom is 0.131 e. The Hall–Kier alpha value is -2.61. The van der Waals surface area contributed by atoms with Gasteiger partial charge in [0.2, 0.25) is 0 Å². The molecule has 0 aliphatic carbocycles. The summed E-state index contributed by atoms with van der Waals surface area (Å²) >= 11 is 0. The van der Waals surface area contributed by atoms with Gasteiger partial charge < -0.3 is 14.8 Å². The van der Waals surface area contributed by atoms with Gasteiger partial charge in [0.1, 0.15) is 23.9 Å². The van der Waals surface area contributed by atoms with Crippen LogP contribution in [0.3, 0.4) is 0 Å². The zero-order valence-corrected chi connectivity index (χ0v) is 16.2. The third-order valence-electron chi connectivity index (χ3n) is 5.70. The minimum atomic E-state index is -0.0000871. The lowest BCUT2D eigenvalue weighted by atomic mass is 10.1. The largest absolute Gasteiger partial charge is 0.371 e. The van der Waals surface area contributed by atoms with E-state index < -0.39 is 0 Å². The normalized spacial score (nSPS) is 25.9. The number of hydrogen-bond donors (Lipinski definition) is 1. The van der Waals surface area contributed by atoms with Gasteiger partial charge in [-0.3, -0.25) is 4.98 Å². The Morgan fingerprint density at radius 1 is 0.966 bits per heavy atom. The van der Waals surface area contributed by atoms with Crippen LogP contribution < -0.4 is 5.32 Å². The van der Waals surface area contributed by atoms with E-state index in [0.29, 0.717) is 13.2 Å². The van der Waals surface area contributed by atoms with E-state index in [9.17, 15) is 0 Å². The highest BCUT2D eigenvalue weighted by Gasteiger charge is 2.48. The van der Waals surface area contributed by atoms with Crippen LogP contribution >= 0.6 is 0 Å². The fourth-order valence-corrected chi connectivity index (χ4v) is 4.18. The monoisotopic (exact) mass is 391 g/mol. The van der Waals surface area contributed by atoms with Crippen LogP contribution in [-0.4, -0.2) is 58.0 Å². The molecular formula is C22H25N5O2. The molecule has 150 valence electrons. The summed E-state index contributed by atoms with van der Waals surface area (Å²) in [5, 5.41) is 12.2. The Morgan fingerprint density at radius 2 is 1.83 bits per heavy atom. The van der Waals surface area contributed by atoms with Crippen LogP contribution in [0.1, 0.15) is 18.0 Å². The van der Waals surface area contributed by atoms with Crippen molar-refractivity contribution in [3.8, 4) is 11.4 Å². The highest BCUT2D eigenvalue weighted by molar-refractivity contribution is 5.51. The van der Waals surface area contributed by atoms with Gasteiger partial charge in [-0.25, -0.2) is 4.68 Å². The molecule has 0 radical (unpaired) electrons. The van der Waals surface area contributed by atoms with Gasteiger partial charge in [-0.1, -0.05) is 41.6 Å². The van der Waals surface area contributed by atoms with E-state index in [0.717, 1.165) is 30.8 Å². The number of aryl methyl sites for hydroxylation is 1. The number of pyridine rings is 1. The summed E-state index contributed by atoms with van der Waals surface area (Å²) in [5.41, 5.74) is 2.96. The molecule has 29 heavy (non-hydrogen) atoms. The number of fused-ring (bicyclic) bond motifs is 1. The molecule has 2 aromatic heterocycles. The van der Waals surface area contributed by atoms with Crippen LogP contribution in [0.25, 0.3) is 11.4 Å². The fourth-order valence-electron chi connectivity index (χ4n) is 4.18. The number of rotatable bonds is 7. The topological polar surface area (TPSA) is 74.1 Å². The summed E-state index contributed by atoms with van der Waals surface area (Å²) in [6.07, 6.45) is 5.92. The maximum atomic E-state index is 6.10. The number of ether oxygens (including phenoxy) is 2. The minimum Gasteiger partial charge on any atom is -0.371 e. The van der Waals surface area contributed by atoms with Crippen molar-refractivity contribution in [2.45, 2.75) is 37.1 Å². The van der Waals surface area contributed by atoms with Gasteiger partial charge in [-0.2, -0.15) is 0 Å². The van der Waals surface area contributed by atoms with Gasteiger partial charge in [-0.05, 0) is 37.1 Å². The molecule has 0 spiro atoms. The molecule has 2 saturated heterocycles. The first-order valence-corrected chi connectivity index (χ1v) is 10.2. The van der Waals surface area contributed by atoms with Crippen molar-refractivity contribution in [2.75, 3.05) is 19.8 Å². The van der Waals surface area contributed by atoms with Gasteiger partial charge in [0, 0.05) is 6.20 Å². The smallest absolute Gasteiger partial charge is 0.131 e. The van der Waals surface area contributed by atoms with Gasteiger partial charge in [0.25, 0.3) is 0 Å². The molecule has 0 bridgehead atoms. The number of nitrogens with zero attached hydrogens (tertiary/aromatic N) is 4. The molecule has 2 fully saturated rings. The minimum absolute atomic E-state index is 0.0000871. The highest BCUT2D eigenvalue weighted by atomic mass is 16.6. The van der Waals surface area contributed by atoms with Gasteiger partial charge in [-0.15, -0.1) is 5.10 Å². The summed E-state index contributed by atoms with van der Waals surface area (Å²) in [5.74, 6) is 0. The SMILES string of the molecule is c1ccc(CCCNC2COC3C2OCC3n2cc(-c3ccccn3)nn2)cc1. The molecule has 4 atom stereocenters. The lowest BCUT2D eigenvalue weighted by Gasteiger charge is -2.17. The first kappa shape index (κ1) is 18.4. The van der Waals surface area contributed by atoms with Crippen molar-refractivity contribution >= 4 is 0 Å². The Kier molecular flexibility index (Phi) is 5.34. The van der Waals surface area contributed by atoms with Crippen molar-refractivity contribution in [2.24, 2.45) is 0 Å². The van der Waals surface area contributed by atoms with Crippen LogP contribution in [0.15, 0.2) is 60.9 Å². The van der Waals surface area contributed by atoms with E-state index in [2.05, 4.69) is 50.9 Å². The molecule has 4 heterocycles. The van der Waals surface area contributed by atoms with E-state index in [4.69, 9.17) is 9.47 Å². The molecule has 7 heteroatoms. The van der Waals surface area contributed by atoms with Crippen LogP contribution in [-0.2, 0) is 15.9 Å². The number of hydrogen-bond acceptors (Lipinski definition) is 6. The first-order chi connectivity index (χ1) is 14.4. The Morgan fingerprint density at radius 3 is 2.69 bits per heavy atom. The Bertz CT molecular complexity index is 917. The molecule has 2 aliphatic rings. The fraction of sp³-hybridized carbons (Fsp3) is 0.409. The average Bonchev–Trinajstić information content (AvgIpc) is 3.50. The zero-order valence-electron chi connectivity index (χ0n) is 16.2. The van der Waals surface area contributed by atoms with Crippen molar-refractivity contribution < 1.29 is 9.47 Å². The van der Waals surface area contributed by atoms with E-state index in [1.165, 1.54) is 5.56 Å². The van der Waals surface area contributed by atoms with E-state index in [1.54, 1.807) is 6.20 Å². The third-order valence-corrected chi connectivity index (χ3v) is 5.70. The summed E-state index contributed by atoms with van der Waals surface area (Å²) in [6, 6.07) is 16.6. The lowest BCUT2D eigenvalue weighted by Crippen LogP contribution is -2.41. The third kappa shape index (κ3) is 3.94. The summed E-state index contributed by atoms with van der Waals surface area (Å²) in [7, 11) is 0. The lowest BCUT2D eigenvalue weighted by molar-refractivity contribution is 0.0620. The van der Waals surface area contributed by atoms with E-state index in [1.807, 2.05) is 29.1 Å². The van der Waals surface area contributed by atoms with Crippen molar-refractivity contribution in [3.05, 3.63) is 66.5 Å². The quantitative estimate of drug-likeness (QED) is 0.623. The zero-order chi connectivity index (χ0) is 19.5. The molecular weight excluding hydrogens is 366 g/mol. The molecule has 1 N–H and O–H groups in total. The standard InChI is InChI=1S/C22H25N5O2/c1-2-7-16(8-3-1)9-6-12-24-19-14-28-22-20(15-29-21(19)22)27-13-18(25-26-27)17-10-4-5-11-23-17/h1-5,7-8,10-11,13,19-22,24H,6,9,12,14-15H2. The predicted octanol–water partition coefficient (Wildman–Crippen LogP) is 2.27. The van der Waals surface area contributed by atoms with Gasteiger partial charge in [0.05, 0.1) is 31.1 Å². The molecule has 5 rings (SSSR count). The Balaban J connectivity index is 1.16. The van der Waals surface area contributed by atoms with Crippen molar-refractivity contribution in [1.82, 2.24) is 25.3 Å². The molecule has 7 nitrogen and oxygen atoms in total. The van der Waals surface area contributed by atoms with E-state index in [-0.39, 0.29) is 24.3 Å². The van der Waals surface area contributed by atoms with Crippen LogP contribution in [0.2, 0.25) is 0 Å². The second kappa shape index (κ2) is 8.41. The van der Waals surface area contributed by atoms with Crippen LogP contribution in [0, 0.1) is 0 Å². The number of benzene rings is 1. The van der Waals surface area contributed by atoms with Crippen LogP contribution in [0.4, 0.5) is 0 Å². The summed E-state index contributed by atoms with van der Waals surface area (Å²) in [4.78, 5) is 4.34. The van der Waals surface area contributed by atoms with Crippen molar-refractivity contribution in [1.29, 1.82) is 0 Å². The van der Waals surface area contributed by atoms with E-state index >= 15 is 0 Å². The van der Waals surface area contributed by atoms with Crippen LogP contribution in [0.5, 0.6) is 0 Å². The maximum absolute atomic E-state index is 6.10. The van der Waals surface area contributed by atoms with Gasteiger partial charge >= 0.3 is 0 Å². The van der Waals surface area contributed by atoms with Crippen molar-refractivity contribution in [3.63, 3.8) is 0 Å². The summed E-state index contributed by atoms with van der Waals surface area (Å²) in [6.45, 7) is 2.20. The average molecular weight is 391 g/mol. The second-order valence-electron chi connectivity index (χ2n) is 7.61. The molecule has 4 unspecified atom stereocenters. The molecule has 2 aliphatic heterocycles. The number of aromatic nitrogens is 4. The molecule has 1 aromatic carbocycles. The predicted molar refractivity (Wildman–Crippen MR) is 108 cm³/mol. The Labute approximate surface area is 170 Å².